The van der Waals surface area contributed by atoms with Gasteiger partial charge in [-0.1, -0.05) is 35.9 Å². The molecule has 0 aliphatic heterocycles. The summed E-state index contributed by atoms with van der Waals surface area (Å²) in [6, 6.07) is 22.5. The molecule has 0 saturated heterocycles. The van der Waals surface area contributed by atoms with Gasteiger partial charge in [0.25, 0.3) is 0 Å². The van der Waals surface area contributed by atoms with Gasteiger partial charge in [0.05, 0.1) is 23.3 Å². The van der Waals surface area contributed by atoms with Crippen LogP contribution in [0.1, 0.15) is 5.56 Å². The topological polar surface area (TPSA) is 22.2 Å². The first-order valence-corrected chi connectivity index (χ1v) is 9.03. The highest BCUT2D eigenvalue weighted by Crippen LogP contribution is 2.26. The van der Waals surface area contributed by atoms with E-state index in [0.717, 1.165) is 38.7 Å². The minimum absolute atomic E-state index is 0.250. The fourth-order valence-electron chi connectivity index (χ4n) is 3.43. The van der Waals surface area contributed by atoms with Gasteiger partial charge in [-0.15, -0.1) is 0 Å². The summed E-state index contributed by atoms with van der Waals surface area (Å²) in [5.41, 5.74) is 5.06. The third-order valence-electron chi connectivity index (χ3n) is 4.75. The molecule has 0 bridgehead atoms. The summed E-state index contributed by atoms with van der Waals surface area (Å²) in [4.78, 5) is 4.84. The summed E-state index contributed by atoms with van der Waals surface area (Å²) in [7, 11) is 0. The number of hydrogen-bond acceptors (Lipinski definition) is 1. The summed E-state index contributed by atoms with van der Waals surface area (Å²) < 4.78 is 17.5. The van der Waals surface area contributed by atoms with Crippen LogP contribution in [0.4, 0.5) is 4.39 Å². The Balaban J connectivity index is 1.69. The molecule has 5 rings (SSSR count). The van der Waals surface area contributed by atoms with Crippen LogP contribution in [-0.2, 0) is 6.54 Å². The molecule has 2 aromatic heterocycles. The van der Waals surface area contributed by atoms with E-state index in [1.54, 1.807) is 12.1 Å². The Morgan fingerprint density at radius 1 is 0.852 bits per heavy atom. The molecule has 0 radical (unpaired) electrons. The van der Waals surface area contributed by atoms with Crippen molar-refractivity contribution in [2.45, 2.75) is 6.54 Å². The number of fused-ring (bicyclic) bond motifs is 3. The molecule has 0 saturated carbocycles. The number of para-hydroxylation sites is 2. The molecule has 5 aromatic rings. The van der Waals surface area contributed by atoms with Gasteiger partial charge in [0.15, 0.2) is 0 Å². The third-order valence-corrected chi connectivity index (χ3v) is 5.01. The molecule has 0 amide bonds. The monoisotopic (exact) mass is 375 g/mol. The maximum Gasteiger partial charge on any atom is 0.215 e. The first-order valence-electron chi connectivity index (χ1n) is 8.66. The number of hydrogen-bond donors (Lipinski definition) is 0. The Morgan fingerprint density at radius 3 is 2.30 bits per heavy atom. The van der Waals surface area contributed by atoms with Crippen LogP contribution in [0.25, 0.3) is 28.1 Å². The van der Waals surface area contributed by atoms with E-state index in [1.165, 1.54) is 12.1 Å². The molecule has 3 nitrogen and oxygen atoms in total. The summed E-state index contributed by atoms with van der Waals surface area (Å²) in [6.07, 6.45) is 2.00. The van der Waals surface area contributed by atoms with Crippen molar-refractivity contribution in [3.63, 3.8) is 0 Å². The zero-order valence-electron chi connectivity index (χ0n) is 14.3. The molecular formula is C22H15ClFN3. The maximum absolute atomic E-state index is 13.3. The number of rotatable bonds is 3. The lowest BCUT2D eigenvalue weighted by Crippen LogP contribution is -2.00. The second-order valence-electron chi connectivity index (χ2n) is 6.50. The van der Waals surface area contributed by atoms with Gasteiger partial charge in [0.2, 0.25) is 5.78 Å². The lowest BCUT2D eigenvalue weighted by Gasteiger charge is -2.06. The fraction of sp³-hybridized carbons (Fsp3) is 0.0455. The predicted octanol–water partition coefficient (Wildman–Crippen LogP) is 5.80. The molecule has 27 heavy (non-hydrogen) atoms. The van der Waals surface area contributed by atoms with Gasteiger partial charge in [0, 0.05) is 16.8 Å². The molecule has 132 valence electrons. The van der Waals surface area contributed by atoms with Crippen LogP contribution in [-0.4, -0.2) is 14.0 Å². The second kappa shape index (κ2) is 6.25. The van der Waals surface area contributed by atoms with Crippen LogP contribution in [0.2, 0.25) is 5.02 Å². The van der Waals surface area contributed by atoms with Crippen molar-refractivity contribution >= 4 is 28.4 Å². The first kappa shape index (κ1) is 16.1. The number of halogens is 2. The summed E-state index contributed by atoms with van der Waals surface area (Å²) in [5.74, 6) is 0.602. The van der Waals surface area contributed by atoms with Gasteiger partial charge in [-0.3, -0.25) is 4.40 Å². The van der Waals surface area contributed by atoms with E-state index in [9.17, 15) is 4.39 Å². The Hall–Kier alpha value is -3.11. The van der Waals surface area contributed by atoms with E-state index in [2.05, 4.69) is 21.1 Å². The van der Waals surface area contributed by atoms with E-state index >= 15 is 0 Å². The lowest BCUT2D eigenvalue weighted by atomic mass is 10.2. The van der Waals surface area contributed by atoms with E-state index in [-0.39, 0.29) is 5.82 Å². The van der Waals surface area contributed by atoms with Crippen LogP contribution in [0, 0.1) is 5.82 Å². The van der Waals surface area contributed by atoms with Crippen LogP contribution in [0.15, 0.2) is 79.0 Å². The highest BCUT2D eigenvalue weighted by molar-refractivity contribution is 6.30. The molecule has 0 unspecified atom stereocenters. The molecule has 2 heterocycles. The fourth-order valence-corrected chi connectivity index (χ4v) is 3.56. The smallest absolute Gasteiger partial charge is 0.215 e. The lowest BCUT2D eigenvalue weighted by molar-refractivity contribution is 0.628. The van der Waals surface area contributed by atoms with Gasteiger partial charge in [0.1, 0.15) is 5.82 Å². The molecule has 0 aliphatic rings. The molecule has 5 heteroatoms. The van der Waals surface area contributed by atoms with Gasteiger partial charge < -0.3 is 4.57 Å². The van der Waals surface area contributed by atoms with Crippen molar-refractivity contribution in [2.75, 3.05) is 0 Å². The van der Waals surface area contributed by atoms with E-state index in [0.29, 0.717) is 6.54 Å². The van der Waals surface area contributed by atoms with Crippen LogP contribution in [0.5, 0.6) is 0 Å². The zero-order valence-corrected chi connectivity index (χ0v) is 15.1. The Labute approximate surface area is 160 Å². The minimum Gasteiger partial charge on any atom is -0.305 e. The van der Waals surface area contributed by atoms with Gasteiger partial charge >= 0.3 is 0 Å². The normalized spacial score (nSPS) is 11.5. The molecule has 0 N–H and O–H groups in total. The molecule has 3 aromatic carbocycles. The average Bonchev–Trinajstić information content (AvgIpc) is 3.23. The van der Waals surface area contributed by atoms with Crippen molar-refractivity contribution in [3.05, 3.63) is 95.4 Å². The van der Waals surface area contributed by atoms with E-state index < -0.39 is 0 Å². The predicted molar refractivity (Wildman–Crippen MR) is 107 cm³/mol. The maximum atomic E-state index is 13.3. The molecule has 0 atom stereocenters. The standard InChI is InChI=1S/C22H15ClFN3/c23-17-9-5-15(6-10-17)13-26-20-3-1-2-4-21(20)27-14-19(25-22(26)27)16-7-11-18(24)12-8-16/h1-12,14H,13H2. The summed E-state index contributed by atoms with van der Waals surface area (Å²) in [5, 5.41) is 0.723. The highest BCUT2D eigenvalue weighted by Gasteiger charge is 2.15. The van der Waals surface area contributed by atoms with Crippen molar-refractivity contribution in [1.82, 2.24) is 14.0 Å². The van der Waals surface area contributed by atoms with Crippen LogP contribution < -0.4 is 0 Å². The number of nitrogens with zero attached hydrogens (tertiary/aromatic N) is 3. The number of imidazole rings is 2. The number of benzene rings is 3. The van der Waals surface area contributed by atoms with Gasteiger partial charge in [-0.05, 0) is 54.1 Å². The molecular weight excluding hydrogens is 361 g/mol. The summed E-state index contributed by atoms with van der Waals surface area (Å²) >= 11 is 6.02. The van der Waals surface area contributed by atoms with Crippen molar-refractivity contribution in [3.8, 4) is 11.3 Å². The van der Waals surface area contributed by atoms with E-state index in [1.807, 2.05) is 42.6 Å². The SMILES string of the molecule is Fc1ccc(-c2cn3c4ccccc4n(Cc4ccc(Cl)cc4)c3n2)cc1. The quantitative estimate of drug-likeness (QED) is 0.391. The van der Waals surface area contributed by atoms with Crippen molar-refractivity contribution in [2.24, 2.45) is 0 Å². The minimum atomic E-state index is -0.250. The van der Waals surface area contributed by atoms with Gasteiger partial charge in [-0.25, -0.2) is 9.37 Å². The van der Waals surface area contributed by atoms with Crippen molar-refractivity contribution < 1.29 is 4.39 Å². The average molecular weight is 376 g/mol. The van der Waals surface area contributed by atoms with Crippen LogP contribution >= 0.6 is 11.6 Å². The number of aromatic nitrogens is 3. The molecule has 0 aliphatic carbocycles. The second-order valence-corrected chi connectivity index (χ2v) is 6.94. The Morgan fingerprint density at radius 2 is 1.56 bits per heavy atom. The molecule has 0 fully saturated rings. The van der Waals surface area contributed by atoms with Gasteiger partial charge in [-0.2, -0.15) is 0 Å². The Kier molecular flexibility index (Phi) is 3.73. The zero-order chi connectivity index (χ0) is 18.4. The summed E-state index contributed by atoms with van der Waals surface area (Å²) in [6.45, 7) is 0.689. The van der Waals surface area contributed by atoms with E-state index in [4.69, 9.17) is 16.6 Å². The Bertz CT molecular complexity index is 1250. The largest absolute Gasteiger partial charge is 0.305 e. The van der Waals surface area contributed by atoms with Crippen LogP contribution in [0.3, 0.4) is 0 Å². The third kappa shape index (κ3) is 2.78. The van der Waals surface area contributed by atoms with Crippen molar-refractivity contribution in [1.29, 1.82) is 0 Å². The highest BCUT2D eigenvalue weighted by atomic mass is 35.5. The molecule has 0 spiro atoms. The first-order chi connectivity index (χ1) is 13.2.